The van der Waals surface area contributed by atoms with Gasteiger partial charge in [0, 0.05) is 42.3 Å². The van der Waals surface area contributed by atoms with Crippen LogP contribution in [-0.4, -0.2) is 25.4 Å². The zero-order valence-electron chi connectivity index (χ0n) is 14.0. The van der Waals surface area contributed by atoms with E-state index in [2.05, 4.69) is 20.3 Å². The lowest BCUT2D eigenvalue weighted by Gasteiger charge is -2.07. The molecule has 1 aromatic carbocycles. The van der Waals surface area contributed by atoms with Crippen LogP contribution in [0.25, 0.3) is 17.1 Å². The molecule has 0 aliphatic heterocycles. The second-order valence-corrected chi connectivity index (χ2v) is 5.65. The molecule has 1 N–H and O–H groups in total. The number of imidazole rings is 1. The molecule has 1 amide bonds. The molecule has 128 valence electrons. The maximum Gasteiger partial charge on any atom is 0.255 e. The van der Waals surface area contributed by atoms with E-state index in [-0.39, 0.29) is 5.91 Å². The Bertz CT molecular complexity index is 1040. The first kappa shape index (κ1) is 15.8. The molecule has 0 unspecified atom stereocenters. The van der Waals surface area contributed by atoms with E-state index in [0.717, 1.165) is 5.56 Å². The fourth-order valence-corrected chi connectivity index (χ4v) is 2.51. The van der Waals surface area contributed by atoms with Crippen molar-refractivity contribution in [3.63, 3.8) is 0 Å². The van der Waals surface area contributed by atoms with Gasteiger partial charge in [-0.15, -0.1) is 0 Å². The summed E-state index contributed by atoms with van der Waals surface area (Å²) in [6.07, 6.45) is 8.34. The van der Waals surface area contributed by atoms with E-state index >= 15 is 0 Å². The zero-order valence-corrected chi connectivity index (χ0v) is 14.0. The van der Waals surface area contributed by atoms with Crippen molar-refractivity contribution in [3.8, 4) is 17.1 Å². The number of pyridine rings is 1. The number of amides is 1. The van der Waals surface area contributed by atoms with Gasteiger partial charge in [0.25, 0.3) is 5.91 Å². The van der Waals surface area contributed by atoms with Crippen molar-refractivity contribution in [1.29, 1.82) is 0 Å². The molecule has 4 rings (SSSR count). The van der Waals surface area contributed by atoms with E-state index in [1.807, 2.05) is 24.3 Å². The number of hydrogen-bond donors (Lipinski definition) is 1. The van der Waals surface area contributed by atoms with Crippen molar-refractivity contribution in [2.24, 2.45) is 0 Å². The predicted molar refractivity (Wildman–Crippen MR) is 96.0 cm³/mol. The van der Waals surface area contributed by atoms with Gasteiger partial charge in [-0.2, -0.15) is 0 Å². The molecule has 7 nitrogen and oxygen atoms in total. The lowest BCUT2D eigenvalue weighted by Crippen LogP contribution is -2.12. The minimum absolute atomic E-state index is 0.211. The summed E-state index contributed by atoms with van der Waals surface area (Å²) < 4.78 is 7.24. The Kier molecular flexibility index (Phi) is 4.03. The molecule has 4 aromatic rings. The van der Waals surface area contributed by atoms with Gasteiger partial charge < -0.3 is 9.73 Å². The first-order valence-corrected chi connectivity index (χ1v) is 7.98. The van der Waals surface area contributed by atoms with Gasteiger partial charge in [0.2, 0.25) is 0 Å². The predicted octanol–water partition coefficient (Wildman–Crippen LogP) is 3.48. The van der Waals surface area contributed by atoms with Gasteiger partial charge in [-0.25, -0.2) is 15.0 Å². The summed E-state index contributed by atoms with van der Waals surface area (Å²) in [6, 6.07) is 10.8. The second kappa shape index (κ2) is 6.64. The number of nitrogens with one attached hydrogen (secondary N) is 1. The summed E-state index contributed by atoms with van der Waals surface area (Å²) in [5, 5.41) is 2.88. The molecule has 0 spiro atoms. The van der Waals surface area contributed by atoms with Crippen molar-refractivity contribution < 1.29 is 9.21 Å². The lowest BCUT2D eigenvalue weighted by molar-refractivity contribution is 0.102. The van der Waals surface area contributed by atoms with E-state index in [1.165, 1.54) is 0 Å². The van der Waals surface area contributed by atoms with Crippen LogP contribution in [0.3, 0.4) is 0 Å². The number of oxazole rings is 1. The van der Waals surface area contributed by atoms with Gasteiger partial charge in [-0.05, 0) is 36.4 Å². The largest absolute Gasteiger partial charge is 0.441 e. The average Bonchev–Trinajstić information content (AvgIpc) is 3.34. The fraction of sp³-hybridized carbons (Fsp3) is 0.0526. The van der Waals surface area contributed by atoms with E-state index in [9.17, 15) is 4.79 Å². The minimum Gasteiger partial charge on any atom is -0.441 e. The topological polar surface area (TPSA) is 85.8 Å². The molecule has 0 radical (unpaired) electrons. The second-order valence-electron chi connectivity index (χ2n) is 5.65. The van der Waals surface area contributed by atoms with Crippen LogP contribution in [0, 0.1) is 6.92 Å². The highest BCUT2D eigenvalue weighted by Crippen LogP contribution is 2.22. The van der Waals surface area contributed by atoms with Gasteiger partial charge in [0.05, 0.1) is 6.20 Å². The normalized spacial score (nSPS) is 10.7. The Morgan fingerprint density at radius 1 is 1.12 bits per heavy atom. The number of benzene rings is 1. The van der Waals surface area contributed by atoms with Crippen molar-refractivity contribution in [2.45, 2.75) is 6.92 Å². The Labute approximate surface area is 149 Å². The van der Waals surface area contributed by atoms with Crippen LogP contribution < -0.4 is 5.32 Å². The van der Waals surface area contributed by atoms with Crippen molar-refractivity contribution in [3.05, 3.63) is 79.0 Å². The smallest absolute Gasteiger partial charge is 0.255 e. The molecule has 0 saturated heterocycles. The Morgan fingerprint density at radius 3 is 2.65 bits per heavy atom. The van der Waals surface area contributed by atoms with Crippen LogP contribution in [0.15, 0.2) is 71.9 Å². The van der Waals surface area contributed by atoms with Crippen LogP contribution in [0.1, 0.15) is 16.2 Å². The molecular formula is C19H15N5O2. The summed E-state index contributed by atoms with van der Waals surface area (Å²) in [5.74, 6) is 1.73. The lowest BCUT2D eigenvalue weighted by atomic mass is 10.1. The standard InChI is InChI=1S/C19H15N5O2/c1-13-22-11-17(26-13)14-2-4-16(5-3-14)23-19(25)15-6-7-21-18(10-15)24-9-8-20-12-24/h2-12H,1H3,(H,23,25). The van der Waals surface area contributed by atoms with Crippen molar-refractivity contribution in [1.82, 2.24) is 19.5 Å². The van der Waals surface area contributed by atoms with Gasteiger partial charge >= 0.3 is 0 Å². The van der Waals surface area contributed by atoms with Gasteiger partial charge in [-0.3, -0.25) is 9.36 Å². The van der Waals surface area contributed by atoms with Crippen LogP contribution in [0.4, 0.5) is 5.69 Å². The zero-order chi connectivity index (χ0) is 17.9. The number of carbonyl (C=O) groups is 1. The molecule has 0 aliphatic carbocycles. The Balaban J connectivity index is 1.50. The SMILES string of the molecule is Cc1ncc(-c2ccc(NC(=O)c3ccnc(-n4ccnc4)c3)cc2)o1. The third-order valence-corrected chi connectivity index (χ3v) is 3.83. The highest BCUT2D eigenvalue weighted by molar-refractivity contribution is 6.04. The summed E-state index contributed by atoms with van der Waals surface area (Å²) >= 11 is 0. The van der Waals surface area contributed by atoms with E-state index in [0.29, 0.717) is 28.7 Å². The molecule has 0 aliphatic rings. The monoisotopic (exact) mass is 345 g/mol. The first-order chi connectivity index (χ1) is 12.7. The molecule has 3 aromatic heterocycles. The quantitative estimate of drug-likeness (QED) is 0.612. The van der Waals surface area contributed by atoms with E-state index < -0.39 is 0 Å². The third-order valence-electron chi connectivity index (χ3n) is 3.83. The molecular weight excluding hydrogens is 330 g/mol. The molecule has 0 bridgehead atoms. The van der Waals surface area contributed by atoms with E-state index in [1.54, 1.807) is 54.7 Å². The summed E-state index contributed by atoms with van der Waals surface area (Å²) in [5.41, 5.74) is 2.10. The first-order valence-electron chi connectivity index (χ1n) is 7.98. The number of anilines is 1. The summed E-state index contributed by atoms with van der Waals surface area (Å²) in [4.78, 5) is 24.8. The Morgan fingerprint density at radius 2 is 1.96 bits per heavy atom. The molecule has 3 heterocycles. The molecule has 0 saturated carbocycles. The number of nitrogens with zero attached hydrogens (tertiary/aromatic N) is 4. The number of hydrogen-bond acceptors (Lipinski definition) is 5. The molecule has 7 heteroatoms. The average molecular weight is 345 g/mol. The van der Waals surface area contributed by atoms with Crippen LogP contribution in [0.5, 0.6) is 0 Å². The maximum absolute atomic E-state index is 12.5. The summed E-state index contributed by atoms with van der Waals surface area (Å²) in [7, 11) is 0. The number of aryl methyl sites for hydroxylation is 1. The number of carbonyl (C=O) groups excluding carboxylic acids is 1. The Hall–Kier alpha value is -3.74. The highest BCUT2D eigenvalue weighted by atomic mass is 16.4. The number of aromatic nitrogens is 4. The third kappa shape index (κ3) is 3.23. The van der Waals surface area contributed by atoms with Crippen LogP contribution >= 0.6 is 0 Å². The van der Waals surface area contributed by atoms with Gasteiger partial charge in [0.15, 0.2) is 11.7 Å². The fourth-order valence-electron chi connectivity index (χ4n) is 2.51. The van der Waals surface area contributed by atoms with E-state index in [4.69, 9.17) is 4.42 Å². The highest BCUT2D eigenvalue weighted by Gasteiger charge is 2.09. The minimum atomic E-state index is -0.211. The molecule has 0 fully saturated rings. The van der Waals surface area contributed by atoms with Crippen LogP contribution in [-0.2, 0) is 0 Å². The summed E-state index contributed by atoms with van der Waals surface area (Å²) in [6.45, 7) is 1.80. The van der Waals surface area contributed by atoms with Crippen molar-refractivity contribution in [2.75, 3.05) is 5.32 Å². The van der Waals surface area contributed by atoms with Crippen molar-refractivity contribution >= 4 is 11.6 Å². The molecule has 0 atom stereocenters. The van der Waals surface area contributed by atoms with Gasteiger partial charge in [0.1, 0.15) is 12.1 Å². The van der Waals surface area contributed by atoms with Crippen LogP contribution in [0.2, 0.25) is 0 Å². The van der Waals surface area contributed by atoms with Gasteiger partial charge in [-0.1, -0.05) is 0 Å². The molecule has 26 heavy (non-hydrogen) atoms. The maximum atomic E-state index is 12.5. The number of rotatable bonds is 4.